The summed E-state index contributed by atoms with van der Waals surface area (Å²) < 4.78 is 6.69. The van der Waals surface area contributed by atoms with Crippen LogP contribution in [0.25, 0.3) is 0 Å². The van der Waals surface area contributed by atoms with Crippen LogP contribution in [0.5, 0.6) is 5.75 Å². The van der Waals surface area contributed by atoms with E-state index < -0.39 is 0 Å². The van der Waals surface area contributed by atoms with Crippen molar-refractivity contribution in [1.29, 1.82) is 0 Å². The Hall–Kier alpha value is -1.32. The molecule has 1 unspecified atom stereocenters. The lowest BCUT2D eigenvalue weighted by molar-refractivity contribution is 0.404. The first-order chi connectivity index (χ1) is 10.1. The van der Waals surface area contributed by atoms with Gasteiger partial charge in [0.2, 0.25) is 0 Å². The maximum atomic E-state index is 5.55. The van der Waals surface area contributed by atoms with Crippen molar-refractivity contribution >= 4 is 15.9 Å². The molecule has 1 atom stereocenters. The number of benzene rings is 2. The van der Waals surface area contributed by atoms with E-state index in [1.165, 1.54) is 22.3 Å². The Balaban J connectivity index is 2.52. The summed E-state index contributed by atoms with van der Waals surface area (Å²) in [5, 5.41) is 3.56. The van der Waals surface area contributed by atoms with Gasteiger partial charge in [-0.1, -0.05) is 52.7 Å². The third-order valence-corrected chi connectivity index (χ3v) is 4.49. The summed E-state index contributed by atoms with van der Waals surface area (Å²) in [5.41, 5.74) is 4.89. The van der Waals surface area contributed by atoms with Crippen molar-refractivity contribution in [3.8, 4) is 5.75 Å². The molecule has 0 bridgehead atoms. The number of nitrogens with one attached hydrogen (secondary N) is 1. The molecule has 0 fully saturated rings. The van der Waals surface area contributed by atoms with Crippen LogP contribution in [0.1, 0.15) is 35.2 Å². The van der Waals surface area contributed by atoms with Crippen LogP contribution in [0.4, 0.5) is 0 Å². The number of hydrogen-bond acceptors (Lipinski definition) is 2. The second-order valence-corrected chi connectivity index (χ2v) is 6.10. The molecule has 3 heteroatoms. The molecule has 0 aliphatic rings. The van der Waals surface area contributed by atoms with E-state index in [4.69, 9.17) is 4.74 Å². The van der Waals surface area contributed by atoms with Crippen molar-refractivity contribution in [2.75, 3.05) is 13.7 Å². The predicted molar refractivity (Wildman–Crippen MR) is 92.1 cm³/mol. The van der Waals surface area contributed by atoms with Crippen LogP contribution in [-0.2, 0) is 0 Å². The van der Waals surface area contributed by atoms with Crippen LogP contribution in [-0.4, -0.2) is 13.7 Å². The molecule has 2 aromatic carbocycles. The summed E-state index contributed by atoms with van der Waals surface area (Å²) in [5.74, 6) is 0.920. The third kappa shape index (κ3) is 3.66. The van der Waals surface area contributed by atoms with Crippen molar-refractivity contribution in [2.24, 2.45) is 0 Å². The van der Waals surface area contributed by atoms with Gasteiger partial charge in [-0.15, -0.1) is 0 Å². The Bertz CT molecular complexity index is 625. The van der Waals surface area contributed by atoms with Crippen LogP contribution >= 0.6 is 15.9 Å². The number of methoxy groups -OCH3 is 1. The molecule has 21 heavy (non-hydrogen) atoms. The maximum Gasteiger partial charge on any atom is 0.123 e. The van der Waals surface area contributed by atoms with Gasteiger partial charge in [-0.05, 0) is 43.7 Å². The van der Waals surface area contributed by atoms with Gasteiger partial charge in [0, 0.05) is 10.0 Å². The van der Waals surface area contributed by atoms with Crippen LogP contribution in [0.2, 0.25) is 0 Å². The number of ether oxygens (including phenoxy) is 1. The van der Waals surface area contributed by atoms with E-state index in [2.05, 4.69) is 72.3 Å². The van der Waals surface area contributed by atoms with Gasteiger partial charge in [-0.3, -0.25) is 0 Å². The first-order valence-electron chi connectivity index (χ1n) is 7.20. The highest BCUT2D eigenvalue weighted by Crippen LogP contribution is 2.32. The van der Waals surface area contributed by atoms with E-state index in [9.17, 15) is 0 Å². The molecule has 0 heterocycles. The lowest BCUT2D eigenvalue weighted by atomic mass is 9.95. The molecule has 0 aliphatic heterocycles. The molecule has 112 valence electrons. The minimum atomic E-state index is 0.127. The van der Waals surface area contributed by atoms with Gasteiger partial charge in [0.25, 0.3) is 0 Å². The minimum Gasteiger partial charge on any atom is -0.496 e. The van der Waals surface area contributed by atoms with E-state index in [0.29, 0.717) is 0 Å². The zero-order chi connectivity index (χ0) is 15.4. The summed E-state index contributed by atoms with van der Waals surface area (Å²) in [6.45, 7) is 7.23. The average Bonchev–Trinajstić information content (AvgIpc) is 2.48. The lowest BCUT2D eigenvalue weighted by Gasteiger charge is -2.22. The summed E-state index contributed by atoms with van der Waals surface area (Å²) in [6.07, 6.45) is 0. The Morgan fingerprint density at radius 3 is 2.52 bits per heavy atom. The van der Waals surface area contributed by atoms with E-state index in [0.717, 1.165) is 16.8 Å². The molecule has 0 aromatic heterocycles. The molecule has 2 aromatic rings. The number of rotatable bonds is 5. The number of halogens is 1. The van der Waals surface area contributed by atoms with Gasteiger partial charge in [-0.25, -0.2) is 0 Å². The SMILES string of the molecule is CCNC(c1ccc(C)c(Br)c1)c1cc(C)ccc1OC. The summed E-state index contributed by atoms with van der Waals surface area (Å²) in [6, 6.07) is 12.9. The molecule has 0 spiro atoms. The van der Waals surface area contributed by atoms with Crippen molar-refractivity contribution in [3.63, 3.8) is 0 Å². The average molecular weight is 348 g/mol. The molecule has 0 radical (unpaired) electrons. The number of aryl methyl sites for hydroxylation is 2. The van der Waals surface area contributed by atoms with E-state index in [1.54, 1.807) is 7.11 Å². The van der Waals surface area contributed by atoms with Gasteiger partial charge in [0.15, 0.2) is 0 Å². The Labute approximate surface area is 135 Å². The smallest absolute Gasteiger partial charge is 0.123 e. The van der Waals surface area contributed by atoms with E-state index in [-0.39, 0.29) is 6.04 Å². The lowest BCUT2D eigenvalue weighted by Crippen LogP contribution is -2.22. The van der Waals surface area contributed by atoms with Gasteiger partial charge in [0.1, 0.15) is 5.75 Å². The van der Waals surface area contributed by atoms with E-state index >= 15 is 0 Å². The molecule has 0 saturated carbocycles. The predicted octanol–water partition coefficient (Wildman–Crippen LogP) is 4.77. The Morgan fingerprint density at radius 1 is 1.14 bits per heavy atom. The molecule has 0 saturated heterocycles. The van der Waals surface area contributed by atoms with Crippen molar-refractivity contribution < 1.29 is 4.74 Å². The highest BCUT2D eigenvalue weighted by Gasteiger charge is 2.18. The monoisotopic (exact) mass is 347 g/mol. The number of hydrogen-bond donors (Lipinski definition) is 1. The summed E-state index contributed by atoms with van der Waals surface area (Å²) in [7, 11) is 1.72. The summed E-state index contributed by atoms with van der Waals surface area (Å²) >= 11 is 3.63. The Morgan fingerprint density at radius 2 is 1.90 bits per heavy atom. The fourth-order valence-electron chi connectivity index (χ4n) is 2.48. The quantitative estimate of drug-likeness (QED) is 0.840. The first-order valence-corrected chi connectivity index (χ1v) is 8.00. The molecule has 1 N–H and O–H groups in total. The fourth-order valence-corrected chi connectivity index (χ4v) is 2.88. The highest BCUT2D eigenvalue weighted by molar-refractivity contribution is 9.10. The van der Waals surface area contributed by atoms with Crippen LogP contribution < -0.4 is 10.1 Å². The molecular formula is C18H22BrNO. The molecule has 2 rings (SSSR count). The largest absolute Gasteiger partial charge is 0.496 e. The van der Waals surface area contributed by atoms with Crippen LogP contribution in [0.3, 0.4) is 0 Å². The Kier molecular flexibility index (Phi) is 5.43. The van der Waals surface area contributed by atoms with Gasteiger partial charge < -0.3 is 10.1 Å². The van der Waals surface area contributed by atoms with Gasteiger partial charge in [0.05, 0.1) is 13.2 Å². The second kappa shape index (κ2) is 7.10. The van der Waals surface area contributed by atoms with E-state index in [1.807, 2.05) is 6.07 Å². The van der Waals surface area contributed by atoms with Crippen LogP contribution in [0, 0.1) is 13.8 Å². The highest BCUT2D eigenvalue weighted by atomic mass is 79.9. The van der Waals surface area contributed by atoms with Gasteiger partial charge in [-0.2, -0.15) is 0 Å². The fraction of sp³-hybridized carbons (Fsp3) is 0.333. The molecule has 0 amide bonds. The van der Waals surface area contributed by atoms with Crippen LogP contribution in [0.15, 0.2) is 40.9 Å². The second-order valence-electron chi connectivity index (χ2n) is 5.24. The zero-order valence-corrected chi connectivity index (χ0v) is 14.6. The van der Waals surface area contributed by atoms with Crippen molar-refractivity contribution in [3.05, 3.63) is 63.1 Å². The molecular weight excluding hydrogens is 326 g/mol. The first kappa shape index (κ1) is 16.1. The minimum absolute atomic E-state index is 0.127. The third-order valence-electron chi connectivity index (χ3n) is 3.63. The molecule has 2 nitrogen and oxygen atoms in total. The van der Waals surface area contributed by atoms with Crippen molar-refractivity contribution in [2.45, 2.75) is 26.8 Å². The standard InChI is InChI=1S/C18H22BrNO/c1-5-20-18(14-8-7-13(3)16(19)11-14)15-10-12(2)6-9-17(15)21-4/h6-11,18,20H,5H2,1-4H3. The zero-order valence-electron chi connectivity index (χ0n) is 13.0. The van der Waals surface area contributed by atoms with Gasteiger partial charge >= 0.3 is 0 Å². The van der Waals surface area contributed by atoms with Crippen molar-refractivity contribution in [1.82, 2.24) is 5.32 Å². The topological polar surface area (TPSA) is 21.3 Å². The normalized spacial score (nSPS) is 12.2. The molecule has 0 aliphatic carbocycles. The summed E-state index contributed by atoms with van der Waals surface area (Å²) in [4.78, 5) is 0. The maximum absolute atomic E-state index is 5.55.